The van der Waals surface area contributed by atoms with Crippen molar-refractivity contribution in [2.45, 2.75) is 38.3 Å². The molecule has 34 heavy (non-hydrogen) atoms. The molecule has 0 spiro atoms. The lowest BCUT2D eigenvalue weighted by Gasteiger charge is -2.40. The molecule has 0 bridgehead atoms. The van der Waals surface area contributed by atoms with E-state index in [9.17, 15) is 9.18 Å². The SMILES string of the molecule is CSCCC(=O)N(C)C(Cc1ccccc1F)C1CCN(Cc2ccc3ccccc3n2)CC1. The van der Waals surface area contributed by atoms with Crippen LogP contribution in [0, 0.1) is 11.7 Å². The first-order valence-electron chi connectivity index (χ1n) is 12.1. The van der Waals surface area contributed by atoms with Crippen molar-refractivity contribution in [1.29, 1.82) is 0 Å². The van der Waals surface area contributed by atoms with Gasteiger partial charge in [-0.15, -0.1) is 0 Å². The molecule has 1 aliphatic heterocycles. The number of likely N-dealkylation sites (N-methyl/N-ethyl adjacent to an activating group) is 1. The smallest absolute Gasteiger partial charge is 0.223 e. The molecule has 0 aliphatic carbocycles. The van der Waals surface area contributed by atoms with Crippen LogP contribution in [0.1, 0.15) is 30.5 Å². The van der Waals surface area contributed by atoms with Crippen LogP contribution in [0.2, 0.25) is 0 Å². The van der Waals surface area contributed by atoms with Gasteiger partial charge in [0, 0.05) is 37.2 Å². The summed E-state index contributed by atoms with van der Waals surface area (Å²) in [5.74, 6) is 1.13. The molecule has 6 heteroatoms. The van der Waals surface area contributed by atoms with Gasteiger partial charge in [0.25, 0.3) is 0 Å². The second-order valence-corrected chi connectivity index (χ2v) is 10.2. The zero-order valence-corrected chi connectivity index (χ0v) is 20.9. The van der Waals surface area contributed by atoms with Gasteiger partial charge >= 0.3 is 0 Å². The molecular weight excluding hydrogens is 445 g/mol. The number of aromatic nitrogens is 1. The summed E-state index contributed by atoms with van der Waals surface area (Å²) < 4.78 is 14.5. The lowest BCUT2D eigenvalue weighted by Crippen LogP contribution is -2.47. The maximum atomic E-state index is 14.5. The second kappa shape index (κ2) is 11.8. The molecule has 1 amide bonds. The van der Waals surface area contributed by atoms with Crippen molar-refractivity contribution in [1.82, 2.24) is 14.8 Å². The molecule has 4 rings (SSSR count). The van der Waals surface area contributed by atoms with Gasteiger partial charge in [0.1, 0.15) is 5.82 Å². The summed E-state index contributed by atoms with van der Waals surface area (Å²) in [7, 11) is 1.90. The van der Waals surface area contributed by atoms with Gasteiger partial charge in [-0.3, -0.25) is 14.7 Å². The minimum atomic E-state index is -0.183. The number of para-hydroxylation sites is 1. The van der Waals surface area contributed by atoms with Gasteiger partial charge in [-0.2, -0.15) is 11.8 Å². The quantitative estimate of drug-likeness (QED) is 0.411. The van der Waals surface area contributed by atoms with Crippen LogP contribution in [-0.2, 0) is 17.8 Å². The maximum absolute atomic E-state index is 14.5. The van der Waals surface area contributed by atoms with Gasteiger partial charge in [-0.05, 0) is 68.3 Å². The van der Waals surface area contributed by atoms with Crippen LogP contribution in [0.25, 0.3) is 10.9 Å². The van der Waals surface area contributed by atoms with E-state index in [1.54, 1.807) is 17.8 Å². The Morgan fingerprint density at radius 1 is 1.12 bits per heavy atom. The second-order valence-electron chi connectivity index (χ2n) is 9.22. The third kappa shape index (κ3) is 6.16. The summed E-state index contributed by atoms with van der Waals surface area (Å²) in [6.45, 7) is 2.75. The summed E-state index contributed by atoms with van der Waals surface area (Å²) in [6, 6.07) is 19.4. The predicted octanol–water partition coefficient (Wildman–Crippen LogP) is 5.41. The lowest BCUT2D eigenvalue weighted by molar-refractivity contribution is -0.133. The zero-order chi connectivity index (χ0) is 23.9. The molecule has 2 heterocycles. The molecule has 180 valence electrons. The van der Waals surface area contributed by atoms with E-state index in [2.05, 4.69) is 29.2 Å². The number of hydrogen-bond acceptors (Lipinski definition) is 4. The number of likely N-dealkylation sites (tertiary alicyclic amines) is 1. The highest BCUT2D eigenvalue weighted by molar-refractivity contribution is 7.98. The van der Waals surface area contributed by atoms with Gasteiger partial charge in [0.15, 0.2) is 0 Å². The monoisotopic (exact) mass is 479 g/mol. The molecule has 2 aromatic carbocycles. The van der Waals surface area contributed by atoms with E-state index in [0.717, 1.165) is 54.8 Å². The van der Waals surface area contributed by atoms with Gasteiger partial charge in [0.05, 0.1) is 11.2 Å². The summed E-state index contributed by atoms with van der Waals surface area (Å²) in [4.78, 5) is 22.0. The molecule has 1 aromatic heterocycles. The van der Waals surface area contributed by atoms with Crippen LogP contribution in [-0.4, -0.2) is 58.9 Å². The number of fused-ring (bicyclic) bond motifs is 1. The normalized spacial score (nSPS) is 16.0. The number of pyridine rings is 1. The van der Waals surface area contributed by atoms with Crippen molar-refractivity contribution < 1.29 is 9.18 Å². The molecule has 1 saturated heterocycles. The van der Waals surface area contributed by atoms with Crippen LogP contribution in [0.3, 0.4) is 0 Å². The molecular formula is C28H34FN3OS. The molecule has 1 aliphatic rings. The van der Waals surface area contributed by atoms with E-state index in [-0.39, 0.29) is 17.8 Å². The number of nitrogens with zero attached hydrogens (tertiary/aromatic N) is 3. The van der Waals surface area contributed by atoms with Gasteiger partial charge < -0.3 is 4.90 Å². The first kappa shape index (κ1) is 24.7. The molecule has 1 fully saturated rings. The average molecular weight is 480 g/mol. The summed E-state index contributed by atoms with van der Waals surface area (Å²) in [5, 5.41) is 1.16. The largest absolute Gasteiger partial charge is 0.342 e. The average Bonchev–Trinajstić information content (AvgIpc) is 2.87. The van der Waals surface area contributed by atoms with Crippen molar-refractivity contribution in [2.75, 3.05) is 32.1 Å². The fraction of sp³-hybridized carbons (Fsp3) is 0.429. The summed E-state index contributed by atoms with van der Waals surface area (Å²) >= 11 is 1.68. The lowest BCUT2D eigenvalue weighted by atomic mass is 9.84. The number of hydrogen-bond donors (Lipinski definition) is 0. The van der Waals surface area contributed by atoms with Crippen molar-refractivity contribution in [3.8, 4) is 0 Å². The summed E-state index contributed by atoms with van der Waals surface area (Å²) in [6.07, 6.45) is 5.09. The van der Waals surface area contributed by atoms with Crippen LogP contribution in [0.15, 0.2) is 60.7 Å². The Balaban J connectivity index is 1.42. The minimum Gasteiger partial charge on any atom is -0.342 e. The van der Waals surface area contributed by atoms with E-state index in [0.29, 0.717) is 24.3 Å². The van der Waals surface area contributed by atoms with Gasteiger partial charge in [-0.25, -0.2) is 4.39 Å². The Morgan fingerprint density at radius 3 is 2.62 bits per heavy atom. The van der Waals surface area contributed by atoms with Crippen molar-refractivity contribution in [3.05, 3.63) is 77.7 Å². The van der Waals surface area contributed by atoms with E-state index in [4.69, 9.17) is 4.98 Å². The standard InChI is InChI=1S/C28H34FN3OS/c1-31(28(33)15-18-34-2)27(19-23-8-3-5-9-25(23)29)22-13-16-32(17-14-22)20-24-12-11-21-7-4-6-10-26(21)30-24/h3-12,22,27H,13-20H2,1-2H3. The maximum Gasteiger partial charge on any atom is 0.223 e. The first-order chi connectivity index (χ1) is 16.5. The topological polar surface area (TPSA) is 36.4 Å². The van der Waals surface area contributed by atoms with Crippen molar-refractivity contribution in [2.24, 2.45) is 5.92 Å². The molecule has 0 saturated carbocycles. The summed E-state index contributed by atoms with van der Waals surface area (Å²) in [5.41, 5.74) is 2.81. The van der Waals surface area contributed by atoms with E-state index < -0.39 is 0 Å². The number of thioether (sulfide) groups is 1. The number of piperidine rings is 1. The number of carbonyl (C=O) groups is 1. The molecule has 1 unspecified atom stereocenters. The van der Waals surface area contributed by atoms with Crippen LogP contribution >= 0.6 is 11.8 Å². The molecule has 0 N–H and O–H groups in total. The van der Waals surface area contributed by atoms with Gasteiger partial charge in [0.2, 0.25) is 5.91 Å². The predicted molar refractivity (Wildman–Crippen MR) is 139 cm³/mol. The number of amides is 1. The van der Waals surface area contributed by atoms with E-state index >= 15 is 0 Å². The van der Waals surface area contributed by atoms with Crippen molar-refractivity contribution >= 4 is 28.6 Å². The molecule has 0 radical (unpaired) electrons. The fourth-order valence-electron chi connectivity index (χ4n) is 4.98. The zero-order valence-electron chi connectivity index (χ0n) is 20.1. The Hall–Kier alpha value is -2.44. The Labute approximate surface area is 206 Å². The van der Waals surface area contributed by atoms with Crippen LogP contribution in [0.5, 0.6) is 0 Å². The Kier molecular flexibility index (Phi) is 8.57. The highest BCUT2D eigenvalue weighted by Crippen LogP contribution is 2.28. The van der Waals surface area contributed by atoms with Crippen molar-refractivity contribution in [3.63, 3.8) is 0 Å². The molecule has 1 atom stereocenters. The molecule has 4 nitrogen and oxygen atoms in total. The third-order valence-electron chi connectivity index (χ3n) is 7.02. The van der Waals surface area contributed by atoms with Gasteiger partial charge in [-0.1, -0.05) is 42.5 Å². The first-order valence-corrected chi connectivity index (χ1v) is 13.5. The highest BCUT2D eigenvalue weighted by atomic mass is 32.2. The van der Waals surface area contributed by atoms with E-state index in [1.165, 1.54) is 6.07 Å². The number of halogens is 1. The number of carbonyl (C=O) groups excluding carboxylic acids is 1. The highest BCUT2D eigenvalue weighted by Gasteiger charge is 2.32. The third-order valence-corrected chi connectivity index (χ3v) is 7.63. The Morgan fingerprint density at radius 2 is 1.85 bits per heavy atom. The Bertz CT molecular complexity index is 1100. The number of rotatable bonds is 9. The van der Waals surface area contributed by atoms with Crippen LogP contribution in [0.4, 0.5) is 4.39 Å². The molecule has 3 aromatic rings. The van der Waals surface area contributed by atoms with Crippen LogP contribution < -0.4 is 0 Å². The number of benzene rings is 2. The fourth-order valence-corrected chi connectivity index (χ4v) is 5.36. The van der Waals surface area contributed by atoms with E-state index in [1.807, 2.05) is 42.5 Å². The minimum absolute atomic E-state index is 0.00667.